The smallest absolute Gasteiger partial charge is 0.255 e. The van der Waals surface area contributed by atoms with Crippen LogP contribution < -0.4 is 15.8 Å². The minimum absolute atomic E-state index is 0.143. The molecular weight excluding hydrogens is 276 g/mol. The fraction of sp³-hybridized carbons (Fsp3) is 0.533. The first-order valence-corrected chi connectivity index (χ1v) is 7.38. The number of methoxy groups -OCH3 is 1. The quantitative estimate of drug-likeness (QED) is 0.897. The van der Waals surface area contributed by atoms with E-state index in [9.17, 15) is 4.79 Å². The molecule has 1 aromatic rings. The van der Waals surface area contributed by atoms with Crippen molar-refractivity contribution in [3.63, 3.8) is 0 Å². The summed E-state index contributed by atoms with van der Waals surface area (Å²) in [6.07, 6.45) is 4.38. The third-order valence-corrected chi connectivity index (χ3v) is 4.17. The van der Waals surface area contributed by atoms with Crippen LogP contribution in [0.5, 0.6) is 5.75 Å². The molecular formula is C15H21ClN2O2. The first-order chi connectivity index (χ1) is 9.65. The summed E-state index contributed by atoms with van der Waals surface area (Å²) in [6.45, 7) is 0.609. The Morgan fingerprint density at radius 1 is 1.45 bits per heavy atom. The number of rotatable bonds is 4. The molecule has 3 N–H and O–H groups in total. The van der Waals surface area contributed by atoms with Crippen molar-refractivity contribution in [3.8, 4) is 5.75 Å². The molecule has 5 heteroatoms. The van der Waals surface area contributed by atoms with E-state index >= 15 is 0 Å². The number of nitrogens with two attached hydrogens (primary N) is 1. The molecule has 1 fully saturated rings. The van der Waals surface area contributed by atoms with Gasteiger partial charge in [-0.05, 0) is 43.5 Å². The Hall–Kier alpha value is -1.26. The fourth-order valence-electron chi connectivity index (χ4n) is 2.78. The first kappa shape index (κ1) is 15.1. The van der Waals surface area contributed by atoms with E-state index in [0.717, 1.165) is 19.3 Å². The molecule has 1 saturated carbocycles. The number of nitrogens with one attached hydrogen (secondary N) is 1. The number of carbonyl (C=O) groups excluding carboxylic acids is 1. The summed E-state index contributed by atoms with van der Waals surface area (Å²) in [5.41, 5.74) is 6.26. The van der Waals surface area contributed by atoms with Crippen molar-refractivity contribution >= 4 is 17.5 Å². The molecule has 1 aliphatic rings. The van der Waals surface area contributed by atoms with Gasteiger partial charge in [-0.1, -0.05) is 24.4 Å². The van der Waals surface area contributed by atoms with Gasteiger partial charge in [0.05, 0.1) is 12.7 Å². The summed E-state index contributed by atoms with van der Waals surface area (Å²) in [5.74, 6) is 0.750. The van der Waals surface area contributed by atoms with E-state index < -0.39 is 0 Å². The van der Waals surface area contributed by atoms with Crippen molar-refractivity contribution in [1.29, 1.82) is 0 Å². The zero-order chi connectivity index (χ0) is 14.5. The molecule has 0 aromatic heterocycles. The molecule has 20 heavy (non-hydrogen) atoms. The van der Waals surface area contributed by atoms with Gasteiger partial charge in [0.2, 0.25) is 0 Å². The summed E-state index contributed by atoms with van der Waals surface area (Å²) in [4.78, 5) is 12.4. The van der Waals surface area contributed by atoms with E-state index in [2.05, 4.69) is 5.32 Å². The molecule has 0 saturated heterocycles. The van der Waals surface area contributed by atoms with Crippen LogP contribution in [-0.4, -0.2) is 25.6 Å². The van der Waals surface area contributed by atoms with Crippen LogP contribution in [0.1, 0.15) is 36.0 Å². The molecule has 110 valence electrons. The molecule has 4 nitrogen and oxygen atoms in total. The monoisotopic (exact) mass is 296 g/mol. The molecule has 0 aliphatic heterocycles. The summed E-state index contributed by atoms with van der Waals surface area (Å²) in [6, 6.07) is 5.19. The maximum absolute atomic E-state index is 12.4. The molecule has 0 heterocycles. The van der Waals surface area contributed by atoms with Crippen LogP contribution in [-0.2, 0) is 0 Å². The summed E-state index contributed by atoms with van der Waals surface area (Å²) in [7, 11) is 1.54. The van der Waals surface area contributed by atoms with Crippen LogP contribution in [0.25, 0.3) is 0 Å². The van der Waals surface area contributed by atoms with Gasteiger partial charge < -0.3 is 15.8 Å². The maximum atomic E-state index is 12.4. The Balaban J connectivity index is 2.13. The Kier molecular flexibility index (Phi) is 5.26. The average Bonchev–Trinajstić information content (AvgIpc) is 2.47. The van der Waals surface area contributed by atoms with Crippen LogP contribution in [0.3, 0.4) is 0 Å². The van der Waals surface area contributed by atoms with E-state index in [0.29, 0.717) is 28.8 Å². The lowest BCUT2D eigenvalue weighted by Gasteiger charge is -2.31. The minimum Gasteiger partial charge on any atom is -0.496 e. The highest BCUT2D eigenvalue weighted by atomic mass is 35.5. The molecule has 1 aliphatic carbocycles. The van der Waals surface area contributed by atoms with Gasteiger partial charge in [-0.2, -0.15) is 0 Å². The van der Waals surface area contributed by atoms with Gasteiger partial charge in [0.15, 0.2) is 0 Å². The highest BCUT2D eigenvalue weighted by molar-refractivity contribution is 6.31. The van der Waals surface area contributed by atoms with Crippen molar-refractivity contribution in [2.45, 2.75) is 31.7 Å². The second-order valence-electron chi connectivity index (χ2n) is 5.20. The molecule has 2 rings (SSSR count). The van der Waals surface area contributed by atoms with Crippen molar-refractivity contribution < 1.29 is 9.53 Å². The number of carbonyl (C=O) groups is 1. The average molecular weight is 297 g/mol. The van der Waals surface area contributed by atoms with Gasteiger partial charge in [-0.15, -0.1) is 0 Å². The highest BCUT2D eigenvalue weighted by Crippen LogP contribution is 2.26. The third kappa shape index (κ3) is 3.44. The zero-order valence-corrected chi connectivity index (χ0v) is 12.5. The molecule has 0 spiro atoms. The van der Waals surface area contributed by atoms with Crippen molar-refractivity contribution in [2.24, 2.45) is 11.7 Å². The van der Waals surface area contributed by atoms with E-state index in [1.165, 1.54) is 6.42 Å². The van der Waals surface area contributed by atoms with Crippen LogP contribution in [0.2, 0.25) is 5.02 Å². The van der Waals surface area contributed by atoms with Gasteiger partial charge in [-0.25, -0.2) is 0 Å². The Bertz CT molecular complexity index is 479. The minimum atomic E-state index is -0.144. The summed E-state index contributed by atoms with van der Waals surface area (Å²) < 4.78 is 5.22. The number of hydrogen-bond acceptors (Lipinski definition) is 3. The Labute approximate surface area is 124 Å². The fourth-order valence-corrected chi connectivity index (χ4v) is 2.96. The molecule has 1 amide bonds. The molecule has 2 unspecified atom stereocenters. The second-order valence-corrected chi connectivity index (χ2v) is 5.64. The normalized spacial score (nSPS) is 22.4. The summed E-state index contributed by atoms with van der Waals surface area (Å²) >= 11 is 5.96. The number of amides is 1. The van der Waals surface area contributed by atoms with E-state index in [1.807, 2.05) is 0 Å². The van der Waals surface area contributed by atoms with E-state index in [1.54, 1.807) is 25.3 Å². The van der Waals surface area contributed by atoms with E-state index in [4.69, 9.17) is 22.1 Å². The molecule has 0 bridgehead atoms. The zero-order valence-electron chi connectivity index (χ0n) is 11.7. The Morgan fingerprint density at radius 3 is 2.90 bits per heavy atom. The number of ether oxygens (including phenoxy) is 1. The van der Waals surface area contributed by atoms with Crippen LogP contribution >= 0.6 is 11.6 Å². The van der Waals surface area contributed by atoms with Crippen molar-refractivity contribution in [2.75, 3.05) is 13.7 Å². The van der Waals surface area contributed by atoms with Crippen molar-refractivity contribution in [1.82, 2.24) is 5.32 Å². The standard InChI is InChI=1S/C15H21ClN2O2/c1-20-14-7-6-11(16)8-12(14)15(19)18-13-5-3-2-4-10(13)9-17/h6-8,10,13H,2-5,9,17H2,1H3,(H,18,19). The van der Waals surface area contributed by atoms with E-state index in [-0.39, 0.29) is 11.9 Å². The van der Waals surface area contributed by atoms with Crippen LogP contribution in [0, 0.1) is 5.92 Å². The lowest BCUT2D eigenvalue weighted by molar-refractivity contribution is 0.0905. The van der Waals surface area contributed by atoms with Gasteiger partial charge in [0, 0.05) is 11.1 Å². The SMILES string of the molecule is COc1ccc(Cl)cc1C(=O)NC1CCCCC1CN. The maximum Gasteiger partial charge on any atom is 0.255 e. The van der Waals surface area contributed by atoms with Gasteiger partial charge in [0.1, 0.15) is 5.75 Å². The topological polar surface area (TPSA) is 64.3 Å². The van der Waals surface area contributed by atoms with Crippen molar-refractivity contribution in [3.05, 3.63) is 28.8 Å². The van der Waals surface area contributed by atoms with Gasteiger partial charge in [-0.3, -0.25) is 4.79 Å². The van der Waals surface area contributed by atoms with Gasteiger partial charge >= 0.3 is 0 Å². The van der Waals surface area contributed by atoms with Gasteiger partial charge in [0.25, 0.3) is 5.91 Å². The van der Waals surface area contributed by atoms with Crippen LogP contribution in [0.15, 0.2) is 18.2 Å². The highest BCUT2D eigenvalue weighted by Gasteiger charge is 2.26. The third-order valence-electron chi connectivity index (χ3n) is 3.93. The number of halogens is 1. The lowest BCUT2D eigenvalue weighted by atomic mass is 9.84. The predicted octanol–water partition coefficient (Wildman–Crippen LogP) is 2.60. The second kappa shape index (κ2) is 6.95. The molecule has 0 radical (unpaired) electrons. The largest absolute Gasteiger partial charge is 0.496 e. The summed E-state index contributed by atoms with van der Waals surface area (Å²) in [5, 5.41) is 3.60. The lowest BCUT2D eigenvalue weighted by Crippen LogP contribution is -2.44. The first-order valence-electron chi connectivity index (χ1n) is 7.00. The molecule has 2 atom stereocenters. The number of benzene rings is 1. The number of hydrogen-bond donors (Lipinski definition) is 2. The predicted molar refractivity (Wildman–Crippen MR) is 80.3 cm³/mol. The van der Waals surface area contributed by atoms with Crippen LogP contribution in [0.4, 0.5) is 0 Å². The Morgan fingerprint density at radius 2 is 2.20 bits per heavy atom. The molecule has 1 aromatic carbocycles.